The monoisotopic (exact) mass is 356 g/mol. The van der Waals surface area contributed by atoms with Gasteiger partial charge in [-0.1, -0.05) is 6.92 Å². The second kappa shape index (κ2) is 5.59. The predicted molar refractivity (Wildman–Crippen MR) is 102 cm³/mol. The molecule has 0 unspecified atom stereocenters. The Balaban J connectivity index is 1.81. The van der Waals surface area contributed by atoms with E-state index in [1.54, 1.807) is 0 Å². The maximum Gasteiger partial charge on any atom is 0.495 e. The third-order valence-corrected chi connectivity index (χ3v) is 6.92. The van der Waals surface area contributed by atoms with Crippen LogP contribution in [0.5, 0.6) is 5.75 Å². The molecular formula is C21H29BO4. The molecule has 0 atom stereocenters. The molecule has 1 aromatic rings. The summed E-state index contributed by atoms with van der Waals surface area (Å²) in [7, 11) is -0.433. The van der Waals surface area contributed by atoms with Gasteiger partial charge in [0.2, 0.25) is 0 Å². The van der Waals surface area contributed by atoms with Crippen LogP contribution in [-0.4, -0.2) is 29.7 Å². The third-order valence-electron chi connectivity index (χ3n) is 6.92. The van der Waals surface area contributed by atoms with Crippen LogP contribution >= 0.6 is 0 Å². The summed E-state index contributed by atoms with van der Waals surface area (Å²) in [6, 6.07) is 2.01. The molecule has 1 aromatic carbocycles. The first-order valence-corrected chi connectivity index (χ1v) is 9.83. The number of fused-ring (bicyclic) bond motifs is 1. The summed E-state index contributed by atoms with van der Waals surface area (Å²) in [5, 5.41) is 0. The van der Waals surface area contributed by atoms with Gasteiger partial charge < -0.3 is 14.0 Å². The summed E-state index contributed by atoms with van der Waals surface area (Å²) in [6.45, 7) is 12.4. The summed E-state index contributed by atoms with van der Waals surface area (Å²) >= 11 is 0. The number of Topliss-reactive ketones (excluding diaryl/α,β-unsaturated/α-hetero) is 1. The Labute approximate surface area is 156 Å². The zero-order chi connectivity index (χ0) is 18.9. The number of ketones is 1. The van der Waals surface area contributed by atoms with Crippen LogP contribution in [0.3, 0.4) is 0 Å². The normalized spacial score (nSPS) is 25.0. The highest BCUT2D eigenvalue weighted by atomic mass is 16.7. The Morgan fingerprint density at radius 3 is 2.23 bits per heavy atom. The van der Waals surface area contributed by atoms with Gasteiger partial charge in [-0.15, -0.1) is 0 Å². The summed E-state index contributed by atoms with van der Waals surface area (Å²) in [5.74, 6) is 0.944. The molecule has 0 bridgehead atoms. The number of benzene rings is 1. The summed E-state index contributed by atoms with van der Waals surface area (Å²) in [5.41, 5.74) is 2.89. The number of rotatable bonds is 2. The Morgan fingerprint density at radius 2 is 1.73 bits per heavy atom. The van der Waals surface area contributed by atoms with Crippen molar-refractivity contribution in [3.05, 3.63) is 22.8 Å². The Kier molecular flexibility index (Phi) is 3.88. The highest BCUT2D eigenvalue weighted by Crippen LogP contribution is 2.46. The molecule has 1 saturated heterocycles. The molecule has 1 aliphatic carbocycles. The van der Waals surface area contributed by atoms with Crippen LogP contribution in [-0.2, 0) is 15.7 Å². The Morgan fingerprint density at radius 1 is 1.12 bits per heavy atom. The fourth-order valence-electron chi connectivity index (χ4n) is 4.43. The van der Waals surface area contributed by atoms with Crippen molar-refractivity contribution in [2.45, 2.75) is 90.4 Å². The molecule has 2 heterocycles. The molecule has 1 saturated carbocycles. The highest BCUT2D eigenvalue weighted by Gasteiger charge is 2.53. The molecule has 4 nitrogen and oxygen atoms in total. The van der Waals surface area contributed by atoms with E-state index in [-0.39, 0.29) is 11.4 Å². The fourth-order valence-corrected chi connectivity index (χ4v) is 4.43. The smallest absolute Gasteiger partial charge is 0.486 e. The zero-order valence-corrected chi connectivity index (χ0v) is 16.8. The van der Waals surface area contributed by atoms with Gasteiger partial charge in [0.25, 0.3) is 0 Å². The van der Waals surface area contributed by atoms with E-state index < -0.39 is 18.3 Å². The zero-order valence-electron chi connectivity index (χ0n) is 16.8. The maximum absolute atomic E-state index is 12.9. The molecule has 5 heteroatoms. The van der Waals surface area contributed by atoms with Gasteiger partial charge in [0.15, 0.2) is 5.78 Å². The quantitative estimate of drug-likeness (QED) is 0.758. The molecule has 0 radical (unpaired) electrons. The van der Waals surface area contributed by atoms with Gasteiger partial charge in [0.1, 0.15) is 11.4 Å². The molecule has 0 amide bonds. The highest BCUT2D eigenvalue weighted by molar-refractivity contribution is 6.62. The van der Waals surface area contributed by atoms with Crippen molar-refractivity contribution in [3.63, 3.8) is 0 Å². The summed E-state index contributed by atoms with van der Waals surface area (Å²) in [4.78, 5) is 12.9. The van der Waals surface area contributed by atoms with E-state index >= 15 is 0 Å². The lowest BCUT2D eigenvalue weighted by molar-refractivity contribution is -0.0177. The molecule has 0 N–H and O–H groups in total. The molecule has 26 heavy (non-hydrogen) atoms. The Hall–Kier alpha value is -1.33. The number of hydrogen-bond acceptors (Lipinski definition) is 4. The van der Waals surface area contributed by atoms with Crippen LogP contribution in [0.1, 0.15) is 81.8 Å². The number of ether oxygens (including phenoxy) is 1. The van der Waals surface area contributed by atoms with E-state index in [1.165, 1.54) is 0 Å². The van der Waals surface area contributed by atoms with Gasteiger partial charge in [0, 0.05) is 0 Å². The minimum atomic E-state index is -0.433. The SMILES string of the molecule is CCc1c(B2OC(C)(C)C(C)(C)O2)cc2c(c1C)C(=O)CC1(CCC1)O2. The number of carbonyl (C=O) groups is 1. The fraction of sp³-hybridized carbons (Fsp3) is 0.667. The molecule has 4 rings (SSSR count). The van der Waals surface area contributed by atoms with Crippen LogP contribution in [0, 0.1) is 6.92 Å². The minimum absolute atomic E-state index is 0.221. The molecular weight excluding hydrogens is 327 g/mol. The summed E-state index contributed by atoms with van der Waals surface area (Å²) in [6.07, 6.45) is 4.42. The van der Waals surface area contributed by atoms with Crippen molar-refractivity contribution in [2.75, 3.05) is 0 Å². The molecule has 2 aliphatic heterocycles. The molecule has 2 fully saturated rings. The largest absolute Gasteiger partial charge is 0.495 e. The van der Waals surface area contributed by atoms with E-state index in [9.17, 15) is 4.79 Å². The van der Waals surface area contributed by atoms with Gasteiger partial charge in [-0.05, 0) is 83.0 Å². The standard InChI is InChI=1S/C21H29BO4/c1-7-14-13(2)18-16(23)12-21(9-8-10-21)24-17(18)11-15(14)22-25-19(3,4)20(5,6)26-22/h11H,7-10,12H2,1-6H3. The second-order valence-electron chi connectivity index (χ2n) is 9.12. The van der Waals surface area contributed by atoms with Crippen molar-refractivity contribution in [2.24, 2.45) is 0 Å². The van der Waals surface area contributed by atoms with Crippen LogP contribution in [0.25, 0.3) is 0 Å². The Bertz CT molecular complexity index is 761. The topological polar surface area (TPSA) is 44.8 Å². The van der Waals surface area contributed by atoms with E-state index in [2.05, 4.69) is 34.6 Å². The van der Waals surface area contributed by atoms with Gasteiger partial charge >= 0.3 is 7.12 Å². The van der Waals surface area contributed by atoms with Crippen LogP contribution in [0.2, 0.25) is 0 Å². The lowest BCUT2D eigenvalue weighted by atomic mass is 9.70. The van der Waals surface area contributed by atoms with Crippen molar-refractivity contribution in [1.29, 1.82) is 0 Å². The lowest BCUT2D eigenvalue weighted by Crippen LogP contribution is -2.48. The number of carbonyl (C=O) groups excluding carboxylic acids is 1. The second-order valence-corrected chi connectivity index (χ2v) is 9.12. The maximum atomic E-state index is 12.9. The van der Waals surface area contributed by atoms with Crippen molar-refractivity contribution in [3.8, 4) is 5.75 Å². The van der Waals surface area contributed by atoms with Gasteiger partial charge in [-0.3, -0.25) is 4.79 Å². The van der Waals surface area contributed by atoms with Crippen LogP contribution in [0.4, 0.5) is 0 Å². The average molecular weight is 356 g/mol. The summed E-state index contributed by atoms with van der Waals surface area (Å²) < 4.78 is 19.0. The lowest BCUT2D eigenvalue weighted by Gasteiger charge is -2.45. The van der Waals surface area contributed by atoms with E-state index in [4.69, 9.17) is 14.0 Å². The van der Waals surface area contributed by atoms with Gasteiger partial charge in [-0.2, -0.15) is 0 Å². The van der Waals surface area contributed by atoms with Crippen molar-refractivity contribution < 1.29 is 18.8 Å². The van der Waals surface area contributed by atoms with E-state index in [0.717, 1.165) is 53.6 Å². The molecule has 1 spiro atoms. The third kappa shape index (κ3) is 2.47. The minimum Gasteiger partial charge on any atom is -0.486 e. The van der Waals surface area contributed by atoms with Crippen molar-refractivity contribution >= 4 is 18.4 Å². The molecule has 3 aliphatic rings. The van der Waals surface area contributed by atoms with Crippen LogP contribution in [0.15, 0.2) is 6.07 Å². The van der Waals surface area contributed by atoms with Crippen molar-refractivity contribution in [1.82, 2.24) is 0 Å². The van der Waals surface area contributed by atoms with E-state index in [1.807, 2.05) is 13.0 Å². The first kappa shape index (κ1) is 18.1. The first-order valence-electron chi connectivity index (χ1n) is 9.83. The molecule has 0 aromatic heterocycles. The average Bonchev–Trinajstić information content (AvgIpc) is 2.73. The number of hydrogen-bond donors (Lipinski definition) is 0. The van der Waals surface area contributed by atoms with Gasteiger partial charge in [0.05, 0.1) is 23.2 Å². The predicted octanol–water partition coefficient (Wildman–Crippen LogP) is 3.74. The molecule has 140 valence electrons. The van der Waals surface area contributed by atoms with E-state index in [0.29, 0.717) is 6.42 Å². The first-order chi connectivity index (χ1) is 12.1. The van der Waals surface area contributed by atoms with Gasteiger partial charge in [-0.25, -0.2) is 0 Å². The van der Waals surface area contributed by atoms with Crippen LogP contribution < -0.4 is 10.2 Å².